The van der Waals surface area contributed by atoms with E-state index < -0.39 is 80.7 Å². The Morgan fingerprint density at radius 3 is 1.32 bits per heavy atom. The first kappa shape index (κ1) is 118. The van der Waals surface area contributed by atoms with Gasteiger partial charge in [-0.25, -0.2) is 28.3 Å². The monoisotopic (exact) mass is 2020 g/mol. The van der Waals surface area contributed by atoms with Gasteiger partial charge in [-0.2, -0.15) is 11.8 Å². The number of esters is 2. The second-order valence-corrected chi connectivity index (χ2v) is 42.8. The summed E-state index contributed by atoms with van der Waals surface area (Å²) in [5.74, 6) is 4.09. The maximum atomic E-state index is 12.0. The van der Waals surface area contributed by atoms with E-state index in [9.17, 15) is 69.6 Å². The van der Waals surface area contributed by atoms with E-state index in [4.69, 9.17) is 56.8 Å². The third-order valence-corrected chi connectivity index (χ3v) is 26.4. The summed E-state index contributed by atoms with van der Waals surface area (Å²) in [6, 6.07) is 10.8. The molecule has 0 bridgehead atoms. The number of aromatic nitrogens is 12. The Morgan fingerprint density at radius 1 is 0.479 bits per heavy atom. The first-order valence-electron chi connectivity index (χ1n) is 50.2. The summed E-state index contributed by atoms with van der Waals surface area (Å²) < 4.78 is 74.2. The fourth-order valence-corrected chi connectivity index (χ4v) is 18.4. The Bertz CT molecular complexity index is 4820. The summed E-state index contributed by atoms with van der Waals surface area (Å²) in [6.07, 6.45) is -2.03. The zero-order valence-corrected chi connectivity index (χ0v) is 87.8. The molecular weight excluding hydrogens is 1860 g/mol. The summed E-state index contributed by atoms with van der Waals surface area (Å²) in [7, 11) is 0. The van der Waals surface area contributed by atoms with Crippen molar-refractivity contribution in [1.29, 1.82) is 0 Å². The number of amides is 2. The number of carbonyl (C=O) groups excluding carboxylic acids is 6. The Morgan fingerprint density at radius 2 is 0.915 bits per heavy atom. The van der Waals surface area contributed by atoms with Crippen LogP contribution in [0, 0.1) is 59.2 Å². The van der Waals surface area contributed by atoms with E-state index in [1.807, 2.05) is 67.2 Å². The summed E-state index contributed by atoms with van der Waals surface area (Å²) in [5, 5.41) is 122. The van der Waals surface area contributed by atoms with Crippen LogP contribution in [-0.4, -0.2) is 286 Å². The van der Waals surface area contributed by atoms with Crippen LogP contribution >= 0.6 is 11.8 Å². The standard InChI is InChI=1S/2C23H33N3O9.C22H36N4O4.C21H37N5O3.C11H22OS/c1-12(2)22(31)33-10-14-5-6-16(34-23-21(30)20(29)19(28)18(9-27)35-23)7-17(14)32-11-15-8-26(13(3)4)25-24-15;1-12(2)22(31)33-10-14-5-6-16(34-23-21(30)20(29)19(28)18(9-27)35-23)7-17(14)32-11-15-8-24-25-26(15)13(3)4;1-14(2)21(27)9-11-29-12-10-23-22(28)30-13-18-16-5-7-19-20(8-6-17(16)18)26(15(3)4)25-24-19;1-14(2)22-9-11-28-12-10-23-21(27)29-13-18-16-5-7-19-20(8-6-17(16)18)26(15(3)4)25-24-19;1-8(2)10(12)7-11(5,6)13-9(3)4/h2*5-8,12-13,18-21,23,27-30H,9-11H2,1-4H3;14-18H,5-13H2,1-4H3,(H,23,28);14-18,22H,5-13H2,1-4H3,(H,23,27);8-9H,7H2,1-6H3/t2*18-,19-,20+,21-,23-;;;/m11.../s1. The van der Waals surface area contributed by atoms with Gasteiger partial charge >= 0.3 is 24.1 Å². The molecule has 2 saturated carbocycles. The zero-order valence-electron chi connectivity index (χ0n) is 87.0. The number of ether oxygens (including phenoxy) is 12. The van der Waals surface area contributed by atoms with Crippen LogP contribution in [0.2, 0.25) is 0 Å². The molecule has 41 nitrogen and oxygen atoms in total. The van der Waals surface area contributed by atoms with Crippen LogP contribution in [0.15, 0.2) is 48.8 Å². The zero-order chi connectivity index (χ0) is 105. The van der Waals surface area contributed by atoms with Gasteiger partial charge < -0.3 is 114 Å². The van der Waals surface area contributed by atoms with E-state index in [-0.39, 0.29) is 102 Å². The first-order valence-corrected chi connectivity index (χ1v) is 51.1. The molecule has 2 aromatic carbocycles. The number of thioether (sulfide) groups is 1. The number of aryl methyl sites for hydroxylation is 2. The van der Waals surface area contributed by atoms with Gasteiger partial charge in [0.2, 0.25) is 12.6 Å². The number of nitrogens with one attached hydrogen (secondary N) is 3. The van der Waals surface area contributed by atoms with Crippen molar-refractivity contribution in [2.24, 2.45) is 59.2 Å². The number of Topliss-reactive ketones (excluding diaryl/α,β-unsaturated/α-hetero) is 2. The van der Waals surface area contributed by atoms with Gasteiger partial charge in [-0.1, -0.05) is 118 Å². The predicted octanol–water partition coefficient (Wildman–Crippen LogP) is 9.45. The molecule has 4 aliphatic carbocycles. The van der Waals surface area contributed by atoms with E-state index in [0.717, 1.165) is 75.0 Å². The Labute approximate surface area is 839 Å². The molecule has 142 heavy (non-hydrogen) atoms. The van der Waals surface area contributed by atoms with Gasteiger partial charge in [0.15, 0.2) is 0 Å². The third kappa shape index (κ3) is 36.8. The van der Waals surface area contributed by atoms with Crippen molar-refractivity contribution in [2.45, 2.75) is 345 Å². The topological polar surface area (TPSA) is 534 Å². The smallest absolute Gasteiger partial charge is 0.407 e. The number of benzene rings is 2. The second-order valence-electron chi connectivity index (χ2n) is 40.5. The number of hydrogen-bond acceptors (Lipinski definition) is 36. The molecule has 16 atom stereocenters. The van der Waals surface area contributed by atoms with Crippen LogP contribution in [0.5, 0.6) is 23.0 Å². The third-order valence-electron chi connectivity index (χ3n) is 25.1. The molecule has 6 heterocycles. The SMILES string of the molecule is CC(C)C(=O)CCOCCNC(=O)OCC1C2CCc3nnn(C(C)C)c3CCC21.CC(C)C(=O)OCc1ccc(O[C@@H]2O[C@H](CO)[C@@H](O)[C@H](O)[C@H]2O)cc1OCc1cn(C(C)C)nn1.CC(C)C(=O)OCc1ccc(O[C@@H]2O[C@H](CO)[C@@H](O)[C@H](O)[C@H]2O)cc1OCc1cnnn1C(C)C.CC(C)NCCOCCNC(=O)OCC1C2CCc3nnn(C(C)C)c3CCC21.CC(C)SC(C)(C)CC(=O)C(C)C. The van der Waals surface area contributed by atoms with E-state index in [1.54, 1.807) is 73.7 Å². The Hall–Kier alpha value is -9.15. The van der Waals surface area contributed by atoms with Gasteiger partial charge in [-0.3, -0.25) is 19.2 Å². The molecule has 2 saturated heterocycles. The number of alkyl carbamates (subject to hydrolysis) is 2. The minimum atomic E-state index is -1.57. The van der Waals surface area contributed by atoms with Gasteiger partial charge in [-0.15, -0.1) is 20.4 Å². The lowest BCUT2D eigenvalue weighted by Gasteiger charge is -2.39. The minimum absolute atomic E-state index is 0.0334. The molecule has 12 rings (SSSR count). The highest BCUT2D eigenvalue weighted by atomic mass is 32.2. The molecule has 2 amide bonds. The van der Waals surface area contributed by atoms with Crippen molar-refractivity contribution in [3.05, 3.63) is 94.1 Å². The van der Waals surface area contributed by atoms with E-state index in [1.165, 1.54) is 23.5 Å². The number of ketones is 2. The lowest BCUT2D eigenvalue weighted by atomic mass is 9.99. The lowest BCUT2D eigenvalue weighted by Crippen LogP contribution is -2.60. The van der Waals surface area contributed by atoms with Gasteiger partial charge in [-0.05, 0) is 172 Å². The highest BCUT2D eigenvalue weighted by Crippen LogP contribution is 2.54. The molecule has 6 aliphatic rings. The fourth-order valence-electron chi connectivity index (χ4n) is 16.9. The van der Waals surface area contributed by atoms with Gasteiger partial charge in [0.1, 0.15) is 116 Å². The number of carbonyl (C=O) groups is 6. The van der Waals surface area contributed by atoms with Crippen molar-refractivity contribution in [1.82, 2.24) is 75.9 Å². The van der Waals surface area contributed by atoms with Crippen LogP contribution in [0.4, 0.5) is 9.59 Å². The van der Waals surface area contributed by atoms with E-state index in [0.29, 0.717) is 159 Å². The molecule has 6 unspecified atom stereocenters. The lowest BCUT2D eigenvalue weighted by molar-refractivity contribution is -0.277. The minimum Gasteiger partial charge on any atom is -0.487 e. The van der Waals surface area contributed by atoms with Gasteiger partial charge in [0.25, 0.3) is 0 Å². The Kier molecular flexibility index (Phi) is 48.0. The number of fused-ring (bicyclic) bond motifs is 4. The highest BCUT2D eigenvalue weighted by Gasteiger charge is 2.53. The average molecular weight is 2020 g/mol. The first-order chi connectivity index (χ1) is 67.3. The largest absolute Gasteiger partial charge is 0.487 e. The van der Waals surface area contributed by atoms with Crippen LogP contribution in [0.3, 0.4) is 0 Å². The van der Waals surface area contributed by atoms with Crippen molar-refractivity contribution in [3.63, 3.8) is 0 Å². The average Bonchev–Trinajstić information content (AvgIpc) is 1.61. The summed E-state index contributed by atoms with van der Waals surface area (Å²) in [6.45, 7) is 47.5. The number of hydrogen-bond donors (Lipinski definition) is 11. The van der Waals surface area contributed by atoms with E-state index in [2.05, 4.69) is 136 Å². The molecule has 0 spiro atoms. The molecule has 2 aliphatic heterocycles. The molecule has 4 aromatic heterocycles. The summed E-state index contributed by atoms with van der Waals surface area (Å²) >= 11 is 1.88. The Balaban J connectivity index is 0.000000223. The molecular formula is C100H161N15O26S. The molecule has 798 valence electrons. The van der Waals surface area contributed by atoms with E-state index >= 15 is 0 Å². The fraction of sp³-hybridized carbons (Fsp3) is 0.740. The van der Waals surface area contributed by atoms with Crippen LogP contribution in [-0.2, 0) is 109 Å². The second kappa shape index (κ2) is 57.7. The van der Waals surface area contributed by atoms with Crippen LogP contribution in [0.25, 0.3) is 0 Å². The number of aliphatic hydroxyl groups is 8. The maximum absolute atomic E-state index is 12.0. The normalized spacial score (nSPS) is 22.8. The highest BCUT2D eigenvalue weighted by molar-refractivity contribution is 8.01. The molecule has 4 fully saturated rings. The summed E-state index contributed by atoms with van der Waals surface area (Å²) in [5.41, 5.74) is 7.33. The molecule has 42 heteroatoms. The number of aliphatic hydroxyl groups excluding tert-OH is 8. The van der Waals surface area contributed by atoms with Crippen molar-refractivity contribution < 1.29 is 126 Å². The molecule has 0 radical (unpaired) electrons. The van der Waals surface area contributed by atoms with Gasteiger partial charge in [0, 0.05) is 103 Å². The number of nitrogens with zero attached hydrogens (tertiary/aromatic N) is 12. The summed E-state index contributed by atoms with van der Waals surface area (Å²) in [4.78, 5) is 70.8. The number of rotatable bonds is 45. The molecule has 6 aromatic rings. The van der Waals surface area contributed by atoms with Crippen molar-refractivity contribution >= 4 is 47.5 Å². The van der Waals surface area contributed by atoms with Crippen molar-refractivity contribution in [3.8, 4) is 23.0 Å². The van der Waals surface area contributed by atoms with Crippen LogP contribution < -0.4 is 34.9 Å². The maximum Gasteiger partial charge on any atom is 0.407 e. The molecule has 11 N–H and O–H groups in total. The van der Waals surface area contributed by atoms with Crippen molar-refractivity contribution in [2.75, 3.05) is 72.5 Å². The quantitative estimate of drug-likeness (QED) is 0.00962. The van der Waals surface area contributed by atoms with Crippen LogP contribution in [0.1, 0.15) is 260 Å². The predicted molar refractivity (Wildman–Crippen MR) is 525 cm³/mol. The van der Waals surface area contributed by atoms with Gasteiger partial charge in [0.05, 0.1) is 106 Å².